The van der Waals surface area contributed by atoms with Gasteiger partial charge in [0.05, 0.1) is 0 Å². The molecule has 1 amide bonds. The number of likely N-dealkylation sites (N-methyl/N-ethyl adjacent to an activating group) is 1. The highest BCUT2D eigenvalue weighted by atomic mass is 16.1. The molecule has 0 spiro atoms. The van der Waals surface area contributed by atoms with E-state index in [1.54, 1.807) is 0 Å². The summed E-state index contributed by atoms with van der Waals surface area (Å²) in [5, 5.41) is 3.12. The molecule has 1 saturated carbocycles. The van der Waals surface area contributed by atoms with E-state index in [-0.39, 0.29) is 11.9 Å². The molecule has 118 valence electrons. The monoisotopic (exact) mass is 283 g/mol. The summed E-state index contributed by atoms with van der Waals surface area (Å²) in [6.45, 7) is 9.42. The molecule has 0 heterocycles. The number of carbonyl (C=O) groups is 1. The topological polar surface area (TPSA) is 58.4 Å². The molecular weight excluding hydrogens is 250 g/mol. The summed E-state index contributed by atoms with van der Waals surface area (Å²) in [6.07, 6.45) is 6.38. The summed E-state index contributed by atoms with van der Waals surface area (Å²) in [4.78, 5) is 14.3. The minimum absolute atomic E-state index is 0.198. The van der Waals surface area contributed by atoms with E-state index < -0.39 is 0 Å². The first-order valence-corrected chi connectivity index (χ1v) is 8.32. The lowest BCUT2D eigenvalue weighted by atomic mass is 9.83. The molecule has 0 aromatic carbocycles. The summed E-state index contributed by atoms with van der Waals surface area (Å²) >= 11 is 0. The molecule has 0 saturated heterocycles. The smallest absolute Gasteiger partial charge is 0.220 e. The van der Waals surface area contributed by atoms with Crippen molar-refractivity contribution in [3.63, 3.8) is 0 Å². The number of nitrogens with one attached hydrogen (secondary N) is 1. The summed E-state index contributed by atoms with van der Waals surface area (Å²) in [5.41, 5.74) is 5.99. The van der Waals surface area contributed by atoms with Gasteiger partial charge < -0.3 is 16.0 Å². The highest BCUT2D eigenvalue weighted by Gasteiger charge is 2.20. The highest BCUT2D eigenvalue weighted by molar-refractivity contribution is 5.76. The molecule has 0 bridgehead atoms. The Morgan fingerprint density at radius 1 is 1.35 bits per heavy atom. The number of carbonyl (C=O) groups excluding carboxylic acids is 1. The van der Waals surface area contributed by atoms with E-state index in [1.165, 1.54) is 12.8 Å². The molecule has 3 N–H and O–H groups in total. The molecule has 20 heavy (non-hydrogen) atoms. The van der Waals surface area contributed by atoms with Crippen LogP contribution in [0.1, 0.15) is 59.3 Å². The van der Waals surface area contributed by atoms with Crippen molar-refractivity contribution < 1.29 is 4.79 Å². The van der Waals surface area contributed by atoms with Crippen molar-refractivity contribution in [2.45, 2.75) is 71.4 Å². The van der Waals surface area contributed by atoms with E-state index >= 15 is 0 Å². The van der Waals surface area contributed by atoms with E-state index in [0.717, 1.165) is 38.9 Å². The summed E-state index contributed by atoms with van der Waals surface area (Å²) in [6, 6.07) is 0.592. The maximum Gasteiger partial charge on any atom is 0.220 e. The van der Waals surface area contributed by atoms with Crippen LogP contribution in [0.15, 0.2) is 0 Å². The van der Waals surface area contributed by atoms with Crippen LogP contribution in [0, 0.1) is 5.92 Å². The largest absolute Gasteiger partial charge is 0.352 e. The van der Waals surface area contributed by atoms with E-state index in [4.69, 9.17) is 5.73 Å². The molecule has 1 rings (SSSR count). The second-order valence-electron chi connectivity index (χ2n) is 6.29. The van der Waals surface area contributed by atoms with E-state index in [2.05, 4.69) is 31.0 Å². The van der Waals surface area contributed by atoms with Gasteiger partial charge >= 0.3 is 0 Å². The van der Waals surface area contributed by atoms with Gasteiger partial charge in [0.2, 0.25) is 5.91 Å². The van der Waals surface area contributed by atoms with Crippen LogP contribution < -0.4 is 11.1 Å². The van der Waals surface area contributed by atoms with Crippen LogP contribution in [0.4, 0.5) is 0 Å². The fourth-order valence-electron chi connectivity index (χ4n) is 3.19. The summed E-state index contributed by atoms with van der Waals surface area (Å²) < 4.78 is 0. The third-order valence-electron chi connectivity index (χ3n) is 4.44. The molecule has 0 aliphatic heterocycles. The lowest BCUT2D eigenvalue weighted by Crippen LogP contribution is -2.42. The Kier molecular flexibility index (Phi) is 8.15. The predicted molar refractivity (Wildman–Crippen MR) is 84.6 cm³/mol. The molecule has 0 aromatic heterocycles. The lowest BCUT2D eigenvalue weighted by molar-refractivity contribution is -0.122. The third kappa shape index (κ3) is 6.71. The number of nitrogens with zero attached hydrogens (tertiary/aromatic N) is 1. The van der Waals surface area contributed by atoms with Crippen LogP contribution in [0.3, 0.4) is 0 Å². The van der Waals surface area contributed by atoms with Gasteiger partial charge in [0.25, 0.3) is 0 Å². The molecule has 0 aromatic rings. The van der Waals surface area contributed by atoms with Gasteiger partial charge in [-0.25, -0.2) is 0 Å². The minimum atomic E-state index is 0.198. The second-order valence-corrected chi connectivity index (χ2v) is 6.29. The average molecular weight is 283 g/mol. The molecule has 4 heteroatoms. The molecule has 1 aliphatic rings. The quantitative estimate of drug-likeness (QED) is 0.717. The zero-order valence-corrected chi connectivity index (χ0v) is 13.5. The summed E-state index contributed by atoms with van der Waals surface area (Å²) in [7, 11) is 0. The Hall–Kier alpha value is -0.610. The van der Waals surface area contributed by atoms with Crippen LogP contribution in [0.2, 0.25) is 0 Å². The number of rotatable bonds is 8. The van der Waals surface area contributed by atoms with Gasteiger partial charge in [0, 0.05) is 25.0 Å². The van der Waals surface area contributed by atoms with Crippen molar-refractivity contribution in [3.05, 3.63) is 0 Å². The maximum atomic E-state index is 12.0. The number of hydrogen-bond acceptors (Lipinski definition) is 3. The van der Waals surface area contributed by atoms with Crippen LogP contribution in [-0.2, 0) is 4.79 Å². The van der Waals surface area contributed by atoms with Crippen LogP contribution in [0.25, 0.3) is 0 Å². The molecule has 3 unspecified atom stereocenters. The first-order chi connectivity index (χ1) is 9.55. The van der Waals surface area contributed by atoms with E-state index in [1.807, 2.05) is 0 Å². The Balaban J connectivity index is 2.19. The summed E-state index contributed by atoms with van der Waals surface area (Å²) in [5.74, 6) is 0.853. The molecule has 1 fully saturated rings. The third-order valence-corrected chi connectivity index (χ3v) is 4.44. The van der Waals surface area contributed by atoms with Crippen LogP contribution in [-0.4, -0.2) is 42.5 Å². The number of amides is 1. The van der Waals surface area contributed by atoms with Crippen molar-refractivity contribution >= 4 is 5.91 Å². The van der Waals surface area contributed by atoms with Crippen molar-refractivity contribution in [1.29, 1.82) is 0 Å². The molecule has 4 nitrogen and oxygen atoms in total. The standard InChI is InChI=1S/C16H33N3O/c1-4-19(5-2)12-13(3)18-16(20)10-9-14-7-6-8-15(17)11-14/h13-15H,4-12,17H2,1-3H3,(H,18,20). The van der Waals surface area contributed by atoms with Crippen molar-refractivity contribution in [2.24, 2.45) is 11.7 Å². The van der Waals surface area contributed by atoms with Gasteiger partial charge in [-0.15, -0.1) is 0 Å². The minimum Gasteiger partial charge on any atom is -0.352 e. The van der Waals surface area contributed by atoms with Gasteiger partial charge in [0.1, 0.15) is 0 Å². The zero-order valence-electron chi connectivity index (χ0n) is 13.5. The SMILES string of the molecule is CCN(CC)CC(C)NC(=O)CCC1CCCC(N)C1. The van der Waals surface area contributed by atoms with E-state index in [0.29, 0.717) is 18.4 Å². The maximum absolute atomic E-state index is 12.0. The number of nitrogens with two attached hydrogens (primary N) is 1. The Bertz CT molecular complexity index is 279. The average Bonchev–Trinajstić information content (AvgIpc) is 2.42. The zero-order chi connectivity index (χ0) is 15.0. The predicted octanol–water partition coefficient (Wildman–Crippen LogP) is 2.13. The normalized spacial score (nSPS) is 24.6. The Morgan fingerprint density at radius 2 is 2.05 bits per heavy atom. The highest BCUT2D eigenvalue weighted by Crippen LogP contribution is 2.26. The van der Waals surface area contributed by atoms with Gasteiger partial charge in [-0.1, -0.05) is 26.7 Å². The van der Waals surface area contributed by atoms with Gasteiger partial charge in [-0.2, -0.15) is 0 Å². The molecule has 1 aliphatic carbocycles. The van der Waals surface area contributed by atoms with Gasteiger partial charge in [0.15, 0.2) is 0 Å². The first kappa shape index (κ1) is 17.4. The molecular formula is C16H33N3O. The molecule has 3 atom stereocenters. The van der Waals surface area contributed by atoms with Crippen molar-refractivity contribution in [3.8, 4) is 0 Å². The van der Waals surface area contributed by atoms with Crippen LogP contribution >= 0.6 is 0 Å². The number of hydrogen-bond donors (Lipinski definition) is 2. The van der Waals surface area contributed by atoms with Crippen molar-refractivity contribution in [2.75, 3.05) is 19.6 Å². The molecule has 0 radical (unpaired) electrons. The Morgan fingerprint density at radius 3 is 2.65 bits per heavy atom. The fraction of sp³-hybridized carbons (Fsp3) is 0.938. The van der Waals surface area contributed by atoms with Gasteiger partial charge in [-0.3, -0.25) is 4.79 Å². The van der Waals surface area contributed by atoms with E-state index in [9.17, 15) is 4.79 Å². The first-order valence-electron chi connectivity index (χ1n) is 8.32. The van der Waals surface area contributed by atoms with Crippen LogP contribution in [0.5, 0.6) is 0 Å². The lowest BCUT2D eigenvalue weighted by Gasteiger charge is -2.27. The van der Waals surface area contributed by atoms with Gasteiger partial charge in [-0.05, 0) is 45.2 Å². The second kappa shape index (κ2) is 9.35. The fourth-order valence-corrected chi connectivity index (χ4v) is 3.19. The van der Waals surface area contributed by atoms with Crippen molar-refractivity contribution in [1.82, 2.24) is 10.2 Å². The Labute approximate surface area is 124 Å².